The second kappa shape index (κ2) is 6.12. The molecule has 2 amide bonds. The highest BCUT2D eigenvalue weighted by Gasteiger charge is 2.54. The van der Waals surface area contributed by atoms with Crippen LogP contribution in [0.1, 0.15) is 18.1 Å². The molecule has 0 N–H and O–H groups in total. The minimum Gasteiger partial charge on any atom is -0.489 e. The van der Waals surface area contributed by atoms with Crippen molar-refractivity contribution in [3.05, 3.63) is 47.7 Å². The number of aryl methyl sites for hydroxylation is 2. The van der Waals surface area contributed by atoms with Crippen LogP contribution in [0, 0.1) is 19.3 Å². The predicted octanol–water partition coefficient (Wildman–Crippen LogP) is 3.23. The first kappa shape index (κ1) is 17.3. The van der Waals surface area contributed by atoms with E-state index in [2.05, 4.69) is 28.9 Å². The van der Waals surface area contributed by atoms with Gasteiger partial charge in [0, 0.05) is 37.8 Å². The van der Waals surface area contributed by atoms with Crippen molar-refractivity contribution in [3.8, 4) is 5.75 Å². The molecule has 1 unspecified atom stereocenters. The third-order valence-electron chi connectivity index (χ3n) is 6.10. The number of urea groups is 1. The third kappa shape index (κ3) is 2.70. The molecule has 1 spiro atoms. The Labute approximate surface area is 165 Å². The van der Waals surface area contributed by atoms with Gasteiger partial charge in [-0.2, -0.15) is 0 Å². The molecule has 3 aliphatic heterocycles. The molecule has 6 heteroatoms. The lowest BCUT2D eigenvalue weighted by atomic mass is 9.73. The van der Waals surface area contributed by atoms with Gasteiger partial charge in [-0.05, 0) is 50.1 Å². The van der Waals surface area contributed by atoms with Crippen molar-refractivity contribution in [1.82, 2.24) is 9.88 Å². The van der Waals surface area contributed by atoms with Crippen molar-refractivity contribution in [2.24, 2.45) is 5.41 Å². The van der Waals surface area contributed by atoms with Gasteiger partial charge >= 0.3 is 6.03 Å². The number of benzene rings is 1. The van der Waals surface area contributed by atoms with Crippen LogP contribution in [-0.2, 0) is 0 Å². The fourth-order valence-corrected chi connectivity index (χ4v) is 4.57. The molecule has 146 valence electrons. The third-order valence-corrected chi connectivity index (χ3v) is 6.10. The quantitative estimate of drug-likeness (QED) is 0.765. The minimum atomic E-state index is 0.0360. The summed E-state index contributed by atoms with van der Waals surface area (Å²) in [7, 11) is 0. The molecule has 2 aromatic rings. The van der Waals surface area contributed by atoms with E-state index < -0.39 is 0 Å². The van der Waals surface area contributed by atoms with Crippen LogP contribution in [0.3, 0.4) is 0 Å². The summed E-state index contributed by atoms with van der Waals surface area (Å²) in [5.41, 5.74) is 3.43. The highest BCUT2D eigenvalue weighted by molar-refractivity contribution is 5.95. The summed E-state index contributed by atoms with van der Waals surface area (Å²) in [5.74, 6) is 1.84. The zero-order chi connectivity index (χ0) is 19.5. The SMILES string of the molecule is Cc1ccc(N2CC3(CN(C(=O)N4c5ccc(C)cc5OCC4C)C3)C2)nc1. The summed E-state index contributed by atoms with van der Waals surface area (Å²) in [6, 6.07) is 10.4. The largest absolute Gasteiger partial charge is 0.489 e. The number of anilines is 2. The molecule has 0 bridgehead atoms. The van der Waals surface area contributed by atoms with Crippen LogP contribution in [0.25, 0.3) is 0 Å². The first-order valence-corrected chi connectivity index (χ1v) is 9.93. The molecular formula is C22H26N4O2. The fourth-order valence-electron chi connectivity index (χ4n) is 4.57. The van der Waals surface area contributed by atoms with Gasteiger partial charge in [-0.25, -0.2) is 9.78 Å². The number of pyridine rings is 1. The van der Waals surface area contributed by atoms with E-state index in [0.717, 1.165) is 49.0 Å². The van der Waals surface area contributed by atoms with Gasteiger partial charge in [0.25, 0.3) is 0 Å². The Morgan fingerprint density at radius 2 is 1.86 bits per heavy atom. The average Bonchev–Trinajstić information content (AvgIpc) is 2.60. The molecule has 2 fully saturated rings. The molecule has 2 saturated heterocycles. The Balaban J connectivity index is 1.25. The molecule has 0 aliphatic carbocycles. The number of aromatic nitrogens is 1. The summed E-state index contributed by atoms with van der Waals surface area (Å²) in [4.78, 5) is 23.9. The summed E-state index contributed by atoms with van der Waals surface area (Å²) in [5, 5.41) is 0. The van der Waals surface area contributed by atoms with Crippen LogP contribution >= 0.6 is 0 Å². The van der Waals surface area contributed by atoms with Crippen LogP contribution in [0.4, 0.5) is 16.3 Å². The summed E-state index contributed by atoms with van der Waals surface area (Å²) >= 11 is 0. The van der Waals surface area contributed by atoms with Crippen molar-refractivity contribution in [3.63, 3.8) is 0 Å². The number of ether oxygens (including phenoxy) is 1. The number of amides is 2. The molecule has 5 rings (SSSR count). The number of hydrogen-bond donors (Lipinski definition) is 0. The van der Waals surface area contributed by atoms with Gasteiger partial charge in [0.05, 0.1) is 11.7 Å². The summed E-state index contributed by atoms with van der Waals surface area (Å²) in [6.07, 6.45) is 1.91. The van der Waals surface area contributed by atoms with E-state index in [4.69, 9.17) is 4.74 Å². The highest BCUT2D eigenvalue weighted by atomic mass is 16.5. The van der Waals surface area contributed by atoms with Gasteiger partial charge < -0.3 is 14.5 Å². The standard InChI is InChI=1S/C22H26N4O2/c1-15-4-6-18-19(8-15)28-10-17(3)26(18)21(27)25-13-22(14-25)11-24(12-22)20-7-5-16(2)9-23-20/h4-9,17H,10-14H2,1-3H3. The van der Waals surface area contributed by atoms with E-state index in [-0.39, 0.29) is 17.5 Å². The monoisotopic (exact) mass is 378 g/mol. The van der Waals surface area contributed by atoms with Gasteiger partial charge in [0.15, 0.2) is 0 Å². The Kier molecular flexibility index (Phi) is 3.79. The van der Waals surface area contributed by atoms with Gasteiger partial charge in [-0.3, -0.25) is 4.90 Å². The van der Waals surface area contributed by atoms with Gasteiger partial charge in [0.1, 0.15) is 18.2 Å². The molecule has 1 aromatic carbocycles. The van der Waals surface area contributed by atoms with Gasteiger partial charge in [-0.15, -0.1) is 0 Å². The zero-order valence-electron chi connectivity index (χ0n) is 16.7. The first-order valence-electron chi connectivity index (χ1n) is 9.93. The van der Waals surface area contributed by atoms with Crippen LogP contribution < -0.4 is 14.5 Å². The summed E-state index contributed by atoms with van der Waals surface area (Å²) in [6.45, 7) is 10.3. The van der Waals surface area contributed by atoms with E-state index in [9.17, 15) is 4.79 Å². The van der Waals surface area contributed by atoms with Crippen molar-refractivity contribution < 1.29 is 9.53 Å². The molecule has 28 heavy (non-hydrogen) atoms. The van der Waals surface area contributed by atoms with Gasteiger partial charge in [0.2, 0.25) is 0 Å². The molecule has 3 aliphatic rings. The lowest BCUT2D eigenvalue weighted by Gasteiger charge is -2.61. The highest BCUT2D eigenvalue weighted by Crippen LogP contribution is 2.43. The van der Waals surface area contributed by atoms with Crippen molar-refractivity contribution >= 4 is 17.5 Å². The predicted molar refractivity (Wildman–Crippen MR) is 109 cm³/mol. The molecule has 0 saturated carbocycles. The van der Waals surface area contributed by atoms with Crippen LogP contribution in [-0.4, -0.2) is 54.7 Å². The Hall–Kier alpha value is -2.76. The normalized spacial score (nSPS) is 22.2. The topological polar surface area (TPSA) is 48.9 Å². The maximum atomic E-state index is 13.2. The second-order valence-electron chi connectivity index (χ2n) is 8.69. The van der Waals surface area contributed by atoms with Crippen molar-refractivity contribution in [2.75, 3.05) is 42.6 Å². The lowest BCUT2D eigenvalue weighted by molar-refractivity contribution is 0.00858. The van der Waals surface area contributed by atoms with E-state index in [1.54, 1.807) is 0 Å². The molecule has 0 radical (unpaired) electrons. The molecule has 1 aromatic heterocycles. The van der Waals surface area contributed by atoms with Crippen LogP contribution in [0.15, 0.2) is 36.5 Å². The number of rotatable bonds is 1. The number of carbonyl (C=O) groups excluding carboxylic acids is 1. The van der Waals surface area contributed by atoms with E-state index in [1.165, 1.54) is 5.56 Å². The fraction of sp³-hybridized carbons (Fsp3) is 0.455. The van der Waals surface area contributed by atoms with E-state index >= 15 is 0 Å². The molecule has 4 heterocycles. The number of hydrogen-bond acceptors (Lipinski definition) is 4. The smallest absolute Gasteiger partial charge is 0.325 e. The molecule has 1 atom stereocenters. The average molecular weight is 378 g/mol. The van der Waals surface area contributed by atoms with Crippen LogP contribution in [0.2, 0.25) is 0 Å². The first-order chi connectivity index (χ1) is 13.4. The van der Waals surface area contributed by atoms with E-state index in [0.29, 0.717) is 6.61 Å². The van der Waals surface area contributed by atoms with Crippen molar-refractivity contribution in [2.45, 2.75) is 26.8 Å². The minimum absolute atomic E-state index is 0.0360. The zero-order valence-corrected chi connectivity index (χ0v) is 16.7. The summed E-state index contributed by atoms with van der Waals surface area (Å²) < 4.78 is 5.85. The lowest BCUT2D eigenvalue weighted by Crippen LogP contribution is -2.74. The number of likely N-dealkylation sites (tertiary alicyclic amines) is 1. The van der Waals surface area contributed by atoms with Crippen molar-refractivity contribution in [1.29, 1.82) is 0 Å². The van der Waals surface area contributed by atoms with Gasteiger partial charge in [-0.1, -0.05) is 12.1 Å². The molecular weight excluding hydrogens is 352 g/mol. The molecule has 6 nitrogen and oxygen atoms in total. The van der Waals surface area contributed by atoms with E-state index in [1.807, 2.05) is 48.0 Å². The second-order valence-corrected chi connectivity index (χ2v) is 8.69. The Bertz CT molecular complexity index is 913. The Morgan fingerprint density at radius 3 is 2.57 bits per heavy atom. The number of fused-ring (bicyclic) bond motifs is 1. The number of carbonyl (C=O) groups is 1. The number of nitrogens with zero attached hydrogens (tertiary/aromatic N) is 4. The Morgan fingerprint density at radius 1 is 1.11 bits per heavy atom. The maximum Gasteiger partial charge on any atom is 0.325 e. The maximum absolute atomic E-state index is 13.2. The van der Waals surface area contributed by atoms with Crippen LogP contribution in [0.5, 0.6) is 5.75 Å².